The lowest BCUT2D eigenvalue weighted by Gasteiger charge is -2.35. The number of halogens is 5. The first-order valence-corrected chi connectivity index (χ1v) is 7.19. The van der Waals surface area contributed by atoms with E-state index in [1.54, 1.807) is 0 Å². The first-order chi connectivity index (χ1) is 7.49. The highest BCUT2D eigenvalue weighted by Crippen LogP contribution is 2.57. The third kappa shape index (κ3) is 1.91. The summed E-state index contributed by atoms with van der Waals surface area (Å²) in [6.07, 6.45) is 5.59. The molecule has 0 saturated heterocycles. The first kappa shape index (κ1) is 13.4. The molecule has 2 rings (SSSR count). The van der Waals surface area contributed by atoms with Crippen LogP contribution in [0, 0.1) is 5.92 Å². The van der Waals surface area contributed by atoms with Crippen molar-refractivity contribution in [2.24, 2.45) is 5.92 Å². The average molecular weight is 320 g/mol. The van der Waals surface area contributed by atoms with E-state index in [1.165, 1.54) is 6.42 Å². The second-order valence-corrected chi connectivity index (χ2v) is 6.41. The summed E-state index contributed by atoms with van der Waals surface area (Å²) in [6.45, 7) is 0. The monoisotopic (exact) mass is 318 g/mol. The maximum atomic E-state index is 6.59. The van der Waals surface area contributed by atoms with E-state index in [0.717, 1.165) is 25.7 Å². The largest absolute Gasteiger partial charge is 0.121 e. The van der Waals surface area contributed by atoms with Crippen molar-refractivity contribution in [1.29, 1.82) is 0 Å². The van der Waals surface area contributed by atoms with Crippen LogP contribution in [0.15, 0.2) is 20.1 Å². The molecule has 0 N–H and O–H groups in total. The molecule has 2 aliphatic carbocycles. The fraction of sp³-hybridized carbons (Fsp3) is 0.636. The highest BCUT2D eigenvalue weighted by molar-refractivity contribution is 6.58. The van der Waals surface area contributed by atoms with E-state index < -0.39 is 4.87 Å². The van der Waals surface area contributed by atoms with Gasteiger partial charge in [-0.15, -0.1) is 11.6 Å². The van der Waals surface area contributed by atoms with E-state index in [2.05, 4.69) is 0 Å². The average Bonchev–Trinajstić information content (AvgIpc) is 2.47. The second-order valence-electron chi connectivity index (χ2n) is 4.30. The van der Waals surface area contributed by atoms with E-state index in [1.807, 2.05) is 0 Å². The van der Waals surface area contributed by atoms with Crippen molar-refractivity contribution < 1.29 is 0 Å². The fourth-order valence-electron chi connectivity index (χ4n) is 2.47. The zero-order valence-electron chi connectivity index (χ0n) is 8.50. The number of allylic oxidation sites excluding steroid dienone is 4. The second kappa shape index (κ2) is 4.90. The summed E-state index contributed by atoms with van der Waals surface area (Å²) >= 11 is 31.0. The Labute approximate surface area is 121 Å². The Balaban J connectivity index is 2.37. The fourth-order valence-corrected chi connectivity index (χ4v) is 4.29. The van der Waals surface area contributed by atoms with Gasteiger partial charge in [-0.05, 0) is 18.8 Å². The Bertz CT molecular complexity index is 339. The van der Waals surface area contributed by atoms with Crippen molar-refractivity contribution in [3.8, 4) is 0 Å². The van der Waals surface area contributed by atoms with Gasteiger partial charge in [-0.1, -0.05) is 65.7 Å². The lowest BCUT2D eigenvalue weighted by Crippen LogP contribution is -2.33. The molecule has 0 aliphatic heterocycles. The van der Waals surface area contributed by atoms with Gasteiger partial charge < -0.3 is 0 Å². The van der Waals surface area contributed by atoms with Crippen molar-refractivity contribution in [2.75, 3.05) is 0 Å². The molecule has 90 valence electrons. The van der Waals surface area contributed by atoms with Gasteiger partial charge in [-0.2, -0.15) is 0 Å². The standard InChI is InChI=1S/C11H11Cl5/c12-7-8(13)10(15)11(16,9(7)14)6-4-2-1-3-5-6/h6H,1-5H2. The molecule has 0 unspecified atom stereocenters. The van der Waals surface area contributed by atoms with Crippen LogP contribution in [0.25, 0.3) is 0 Å². The molecule has 5 heteroatoms. The molecule has 0 nitrogen and oxygen atoms in total. The zero-order chi connectivity index (χ0) is 11.9. The SMILES string of the molecule is ClC1=C(Cl)C(Cl)(C2CCCCC2)C(Cl)=C1Cl. The number of alkyl halides is 1. The predicted octanol–water partition coefficient (Wildman–Crippen LogP) is 5.94. The lowest BCUT2D eigenvalue weighted by atomic mass is 9.80. The van der Waals surface area contributed by atoms with Crippen LogP contribution >= 0.6 is 58.0 Å². The van der Waals surface area contributed by atoms with Crippen LogP contribution in [0.2, 0.25) is 0 Å². The van der Waals surface area contributed by atoms with E-state index in [-0.39, 0.29) is 5.92 Å². The smallest absolute Gasteiger partial charge is 0.106 e. The molecule has 0 aromatic rings. The molecule has 0 radical (unpaired) electrons. The summed E-state index contributed by atoms with van der Waals surface area (Å²) in [4.78, 5) is -0.877. The topological polar surface area (TPSA) is 0 Å². The van der Waals surface area contributed by atoms with E-state index in [0.29, 0.717) is 20.1 Å². The van der Waals surface area contributed by atoms with E-state index >= 15 is 0 Å². The summed E-state index contributed by atoms with van der Waals surface area (Å²) in [5.74, 6) is 0.230. The van der Waals surface area contributed by atoms with Crippen LogP contribution in [-0.4, -0.2) is 4.87 Å². The Kier molecular flexibility index (Phi) is 4.09. The third-order valence-corrected chi connectivity index (χ3v) is 6.29. The van der Waals surface area contributed by atoms with Crippen molar-refractivity contribution >= 4 is 58.0 Å². The molecule has 16 heavy (non-hydrogen) atoms. The lowest BCUT2D eigenvalue weighted by molar-refractivity contribution is 0.329. The molecule has 0 aromatic carbocycles. The Morgan fingerprint density at radius 1 is 0.812 bits per heavy atom. The number of rotatable bonds is 1. The third-order valence-electron chi connectivity index (χ3n) is 3.38. The molecule has 1 fully saturated rings. The van der Waals surface area contributed by atoms with E-state index in [9.17, 15) is 0 Å². The summed E-state index contributed by atoms with van der Waals surface area (Å²) < 4.78 is 0. The van der Waals surface area contributed by atoms with Crippen LogP contribution in [0.5, 0.6) is 0 Å². The van der Waals surface area contributed by atoms with Crippen LogP contribution in [0.3, 0.4) is 0 Å². The summed E-state index contributed by atoms with van der Waals surface area (Å²) in [7, 11) is 0. The van der Waals surface area contributed by atoms with Gasteiger partial charge >= 0.3 is 0 Å². The van der Waals surface area contributed by atoms with Crippen molar-refractivity contribution in [3.63, 3.8) is 0 Å². The van der Waals surface area contributed by atoms with Gasteiger partial charge in [0.1, 0.15) is 4.87 Å². The van der Waals surface area contributed by atoms with Gasteiger partial charge in [0.25, 0.3) is 0 Å². The molecular weight excluding hydrogens is 309 g/mol. The molecule has 0 bridgehead atoms. The van der Waals surface area contributed by atoms with Gasteiger partial charge in [-0.25, -0.2) is 0 Å². The zero-order valence-corrected chi connectivity index (χ0v) is 12.3. The normalized spacial score (nSPS) is 26.8. The molecule has 0 amide bonds. The molecule has 0 atom stereocenters. The van der Waals surface area contributed by atoms with E-state index in [4.69, 9.17) is 58.0 Å². The molecule has 0 aromatic heterocycles. The number of hydrogen-bond acceptors (Lipinski definition) is 0. The van der Waals surface area contributed by atoms with Crippen molar-refractivity contribution in [2.45, 2.75) is 37.0 Å². The van der Waals surface area contributed by atoms with Crippen LogP contribution in [0.1, 0.15) is 32.1 Å². The minimum absolute atomic E-state index is 0.230. The van der Waals surface area contributed by atoms with Crippen LogP contribution in [0.4, 0.5) is 0 Å². The Morgan fingerprint density at radius 3 is 1.69 bits per heavy atom. The summed E-state index contributed by atoms with van der Waals surface area (Å²) in [5, 5.41) is 1.37. The van der Waals surface area contributed by atoms with Gasteiger partial charge in [-0.3, -0.25) is 0 Å². The van der Waals surface area contributed by atoms with Crippen molar-refractivity contribution in [3.05, 3.63) is 20.1 Å². The Morgan fingerprint density at radius 2 is 1.25 bits per heavy atom. The molecule has 2 aliphatic rings. The minimum atomic E-state index is -0.877. The minimum Gasteiger partial charge on any atom is -0.106 e. The Hall–Kier alpha value is 0.930. The molecular formula is C11H11Cl5. The van der Waals surface area contributed by atoms with Crippen LogP contribution < -0.4 is 0 Å². The summed E-state index contributed by atoms with van der Waals surface area (Å²) in [6, 6.07) is 0. The first-order valence-electron chi connectivity index (χ1n) is 5.30. The summed E-state index contributed by atoms with van der Waals surface area (Å²) in [5.41, 5.74) is 0. The van der Waals surface area contributed by atoms with Gasteiger partial charge in [0.15, 0.2) is 0 Å². The highest BCUT2D eigenvalue weighted by Gasteiger charge is 2.49. The molecule has 0 spiro atoms. The van der Waals surface area contributed by atoms with Gasteiger partial charge in [0, 0.05) is 0 Å². The van der Waals surface area contributed by atoms with Crippen molar-refractivity contribution in [1.82, 2.24) is 0 Å². The highest BCUT2D eigenvalue weighted by atomic mass is 35.5. The molecule has 0 heterocycles. The number of hydrogen-bond donors (Lipinski definition) is 0. The maximum Gasteiger partial charge on any atom is 0.121 e. The predicted molar refractivity (Wildman–Crippen MR) is 72.6 cm³/mol. The quantitative estimate of drug-likeness (QED) is 0.525. The van der Waals surface area contributed by atoms with Crippen LogP contribution in [-0.2, 0) is 0 Å². The van der Waals surface area contributed by atoms with Gasteiger partial charge in [0.2, 0.25) is 0 Å². The maximum absolute atomic E-state index is 6.59. The van der Waals surface area contributed by atoms with Gasteiger partial charge in [0.05, 0.1) is 20.1 Å². The molecule has 1 saturated carbocycles.